The van der Waals surface area contributed by atoms with Gasteiger partial charge >= 0.3 is 6.03 Å². The Balaban J connectivity index is 1.60. The summed E-state index contributed by atoms with van der Waals surface area (Å²) in [5.74, 6) is 0.547. The normalized spacial score (nSPS) is 23.9. The van der Waals surface area contributed by atoms with Crippen LogP contribution < -0.4 is 5.32 Å². The number of nitrogens with zero attached hydrogens (tertiary/aromatic N) is 1. The number of rotatable bonds is 4. The molecule has 2 fully saturated rings. The molecule has 1 saturated carbocycles. The number of sulfone groups is 1. The molecule has 6 nitrogen and oxygen atoms in total. The Kier molecular flexibility index (Phi) is 5.29. The number of ether oxygens (including phenoxy) is 1. The molecule has 1 N–H and O–H groups in total. The molecule has 1 saturated heterocycles. The number of benzene rings is 1. The van der Waals surface area contributed by atoms with Gasteiger partial charge in [-0.2, -0.15) is 0 Å². The van der Waals surface area contributed by atoms with Crippen LogP contribution in [0.15, 0.2) is 24.3 Å². The molecule has 2 amide bonds. The standard InChI is InChI=1S/C20H30N2O4S/c1-19(2,3)27(24,25)13-15-5-9-17(10-6-15)21-18(23)22-11-12-26-20(4,14-22)16-7-8-16/h5-6,9-10,16H,7-8,11-14H2,1-4H3,(H,21,23). The van der Waals surface area contributed by atoms with E-state index in [1.54, 1.807) is 49.9 Å². The number of urea groups is 1. The molecule has 1 aliphatic heterocycles. The molecular formula is C20H30N2O4S. The van der Waals surface area contributed by atoms with Gasteiger partial charge in [0.05, 0.1) is 29.3 Å². The third-order valence-electron chi connectivity index (χ3n) is 5.52. The number of anilines is 1. The SMILES string of the molecule is CC1(C2CC2)CN(C(=O)Nc2ccc(CS(=O)(=O)C(C)(C)C)cc2)CCO1. The minimum atomic E-state index is -3.23. The minimum Gasteiger partial charge on any atom is -0.371 e. The lowest BCUT2D eigenvalue weighted by Crippen LogP contribution is -2.54. The zero-order valence-corrected chi connectivity index (χ0v) is 17.4. The molecule has 0 aromatic heterocycles. The lowest BCUT2D eigenvalue weighted by atomic mass is 9.98. The first kappa shape index (κ1) is 20.1. The Morgan fingerprint density at radius 3 is 2.44 bits per heavy atom. The summed E-state index contributed by atoms with van der Waals surface area (Å²) in [6, 6.07) is 6.89. The fourth-order valence-corrected chi connectivity index (χ4v) is 4.39. The lowest BCUT2D eigenvalue weighted by Gasteiger charge is -2.40. The van der Waals surface area contributed by atoms with Crippen molar-refractivity contribution in [2.45, 2.75) is 56.6 Å². The molecule has 0 bridgehead atoms. The van der Waals surface area contributed by atoms with Crippen molar-refractivity contribution >= 4 is 21.6 Å². The summed E-state index contributed by atoms with van der Waals surface area (Å²) in [5, 5.41) is 2.91. The molecule has 2 aliphatic rings. The van der Waals surface area contributed by atoms with Crippen molar-refractivity contribution < 1.29 is 17.9 Å². The number of morpholine rings is 1. The van der Waals surface area contributed by atoms with E-state index < -0.39 is 14.6 Å². The molecule has 1 aliphatic carbocycles. The summed E-state index contributed by atoms with van der Waals surface area (Å²) in [4.78, 5) is 14.4. The average molecular weight is 395 g/mol. The first-order valence-corrected chi connectivity index (χ1v) is 11.2. The van der Waals surface area contributed by atoms with Crippen LogP contribution in [0.25, 0.3) is 0 Å². The molecule has 1 aromatic rings. The van der Waals surface area contributed by atoms with Crippen molar-refractivity contribution in [1.82, 2.24) is 4.90 Å². The van der Waals surface area contributed by atoms with E-state index in [0.29, 0.717) is 31.3 Å². The largest absolute Gasteiger partial charge is 0.371 e. The van der Waals surface area contributed by atoms with Gasteiger partial charge in [0.2, 0.25) is 0 Å². The minimum absolute atomic E-state index is 0.00602. The number of hydrogen-bond donors (Lipinski definition) is 1. The van der Waals surface area contributed by atoms with E-state index in [-0.39, 0.29) is 17.4 Å². The van der Waals surface area contributed by atoms with E-state index in [2.05, 4.69) is 12.2 Å². The first-order valence-electron chi connectivity index (χ1n) is 9.51. The van der Waals surface area contributed by atoms with Gasteiger partial charge in [-0.3, -0.25) is 0 Å². The molecule has 1 aromatic carbocycles. The molecule has 0 radical (unpaired) electrons. The highest BCUT2D eigenvalue weighted by Crippen LogP contribution is 2.43. The maximum absolute atomic E-state index is 12.6. The number of hydrogen-bond acceptors (Lipinski definition) is 4. The quantitative estimate of drug-likeness (QED) is 0.849. The highest BCUT2D eigenvalue weighted by Gasteiger charge is 2.46. The summed E-state index contributed by atoms with van der Waals surface area (Å²) in [5.41, 5.74) is 1.15. The number of carbonyl (C=O) groups is 1. The zero-order chi connectivity index (χ0) is 19.9. The van der Waals surface area contributed by atoms with E-state index in [0.717, 1.165) is 5.56 Å². The molecule has 150 valence electrons. The molecule has 27 heavy (non-hydrogen) atoms. The molecule has 7 heteroatoms. The summed E-state index contributed by atoms with van der Waals surface area (Å²) >= 11 is 0. The fourth-order valence-electron chi connectivity index (χ4n) is 3.33. The van der Waals surface area contributed by atoms with Crippen molar-refractivity contribution in [1.29, 1.82) is 0 Å². The van der Waals surface area contributed by atoms with E-state index in [1.165, 1.54) is 12.8 Å². The number of carbonyl (C=O) groups excluding carboxylic acids is 1. The topological polar surface area (TPSA) is 75.7 Å². The number of nitrogens with one attached hydrogen (secondary N) is 1. The summed E-state index contributed by atoms with van der Waals surface area (Å²) in [6.45, 7) is 8.94. The summed E-state index contributed by atoms with van der Waals surface area (Å²) in [7, 11) is -3.23. The van der Waals surface area contributed by atoms with Gasteiger partial charge in [-0.25, -0.2) is 13.2 Å². The predicted octanol–water partition coefficient (Wildman–Crippen LogP) is 3.43. The molecular weight excluding hydrogens is 364 g/mol. The van der Waals surface area contributed by atoms with Crippen molar-refractivity contribution in [3.8, 4) is 0 Å². The van der Waals surface area contributed by atoms with Crippen molar-refractivity contribution in [3.05, 3.63) is 29.8 Å². The van der Waals surface area contributed by atoms with Crippen LogP contribution in [0, 0.1) is 5.92 Å². The van der Waals surface area contributed by atoms with Gasteiger partial charge in [0.25, 0.3) is 0 Å². The Morgan fingerprint density at radius 2 is 1.89 bits per heavy atom. The first-order chi connectivity index (χ1) is 12.5. The van der Waals surface area contributed by atoms with E-state index >= 15 is 0 Å². The van der Waals surface area contributed by atoms with Gasteiger partial charge < -0.3 is 15.0 Å². The van der Waals surface area contributed by atoms with Gasteiger partial charge in [-0.05, 0) is 64.2 Å². The monoisotopic (exact) mass is 394 g/mol. The van der Waals surface area contributed by atoms with Crippen LogP contribution in [0.1, 0.15) is 46.1 Å². The maximum atomic E-state index is 12.6. The smallest absolute Gasteiger partial charge is 0.322 e. The van der Waals surface area contributed by atoms with Gasteiger partial charge in [0.15, 0.2) is 9.84 Å². The third-order valence-corrected chi connectivity index (χ3v) is 8.10. The second-order valence-corrected chi connectivity index (χ2v) is 11.6. The van der Waals surface area contributed by atoms with E-state index in [4.69, 9.17) is 4.74 Å². The Morgan fingerprint density at radius 1 is 1.26 bits per heavy atom. The van der Waals surface area contributed by atoms with Crippen LogP contribution in [-0.4, -0.2) is 49.4 Å². The third kappa shape index (κ3) is 4.63. The Labute approximate surface area is 162 Å². The van der Waals surface area contributed by atoms with Crippen molar-refractivity contribution in [3.63, 3.8) is 0 Å². The Hall–Kier alpha value is -1.60. The summed E-state index contributed by atoms with van der Waals surface area (Å²) < 4.78 is 29.8. The zero-order valence-electron chi connectivity index (χ0n) is 16.6. The summed E-state index contributed by atoms with van der Waals surface area (Å²) in [6.07, 6.45) is 2.34. The van der Waals surface area contributed by atoms with Crippen molar-refractivity contribution in [2.75, 3.05) is 25.0 Å². The van der Waals surface area contributed by atoms with Gasteiger partial charge in [-0.1, -0.05) is 12.1 Å². The van der Waals surface area contributed by atoms with Crippen LogP contribution in [0.5, 0.6) is 0 Å². The molecule has 1 heterocycles. The maximum Gasteiger partial charge on any atom is 0.322 e. The van der Waals surface area contributed by atoms with Crippen LogP contribution in [0.4, 0.5) is 10.5 Å². The van der Waals surface area contributed by atoms with Crippen LogP contribution in [0.2, 0.25) is 0 Å². The lowest BCUT2D eigenvalue weighted by molar-refractivity contribution is -0.0977. The van der Waals surface area contributed by atoms with Gasteiger partial charge in [0.1, 0.15) is 0 Å². The van der Waals surface area contributed by atoms with Gasteiger partial charge in [-0.15, -0.1) is 0 Å². The molecule has 1 unspecified atom stereocenters. The van der Waals surface area contributed by atoms with Gasteiger partial charge in [0, 0.05) is 12.2 Å². The molecule has 0 spiro atoms. The van der Waals surface area contributed by atoms with Crippen LogP contribution in [-0.2, 0) is 20.3 Å². The van der Waals surface area contributed by atoms with Crippen molar-refractivity contribution in [2.24, 2.45) is 5.92 Å². The molecule has 1 atom stereocenters. The second kappa shape index (κ2) is 7.09. The van der Waals surface area contributed by atoms with E-state index in [9.17, 15) is 13.2 Å². The van der Waals surface area contributed by atoms with E-state index in [1.807, 2.05) is 0 Å². The predicted molar refractivity (Wildman–Crippen MR) is 106 cm³/mol. The number of amides is 2. The highest BCUT2D eigenvalue weighted by atomic mass is 32.2. The van der Waals surface area contributed by atoms with Crippen LogP contribution >= 0.6 is 0 Å². The van der Waals surface area contributed by atoms with Crippen LogP contribution in [0.3, 0.4) is 0 Å². The Bertz CT molecular complexity index is 794. The molecule has 3 rings (SSSR count). The highest BCUT2D eigenvalue weighted by molar-refractivity contribution is 7.91. The fraction of sp³-hybridized carbons (Fsp3) is 0.650. The average Bonchev–Trinajstić information content (AvgIpc) is 3.41. The second-order valence-electron chi connectivity index (χ2n) is 8.86.